The second kappa shape index (κ2) is 4.80. The monoisotopic (exact) mass is 290 g/mol. The molecule has 0 spiro atoms. The van der Waals surface area contributed by atoms with Crippen molar-refractivity contribution in [2.45, 2.75) is 49.7 Å². The first-order chi connectivity index (χ1) is 7.73. The van der Waals surface area contributed by atoms with Crippen LogP contribution in [0, 0.1) is 0 Å². The Morgan fingerprint density at radius 3 is 1.56 bits per heavy atom. The number of aliphatic hydroxyl groups is 2. The molecule has 0 radical (unpaired) electrons. The minimum absolute atomic E-state index is 0.364. The zero-order valence-corrected chi connectivity index (χ0v) is 8.91. The van der Waals surface area contributed by atoms with E-state index < -0.39 is 36.4 Å². The smallest absolute Gasteiger partial charge is 0.335 e. The van der Waals surface area contributed by atoms with Gasteiger partial charge in [-0.25, -0.2) is 4.39 Å². The Morgan fingerprint density at radius 2 is 1.28 bits per heavy atom. The van der Waals surface area contributed by atoms with E-state index in [1.807, 2.05) is 0 Å². The molecule has 0 aromatic carbocycles. The van der Waals surface area contributed by atoms with E-state index in [1.165, 1.54) is 0 Å². The molecule has 0 aliphatic carbocycles. The predicted octanol–water partition coefficient (Wildman–Crippen LogP) is 2.64. The lowest BCUT2D eigenvalue weighted by atomic mass is 9.97. The van der Waals surface area contributed by atoms with E-state index in [1.54, 1.807) is 0 Å². The lowest BCUT2D eigenvalue weighted by Crippen LogP contribution is -2.66. The minimum Gasteiger partial charge on any atom is -0.335 e. The SMILES string of the molecule is CCCC(F)C(F)(F)C(F)(F)C(F)(F)C(O)(O)F. The number of alkyl halides is 8. The zero-order valence-electron chi connectivity index (χ0n) is 8.91. The van der Waals surface area contributed by atoms with Crippen LogP contribution in [0.15, 0.2) is 0 Å². The van der Waals surface area contributed by atoms with Gasteiger partial charge in [-0.05, 0) is 6.42 Å². The summed E-state index contributed by atoms with van der Waals surface area (Å²) in [6.07, 6.45) is -5.24. The van der Waals surface area contributed by atoms with Crippen LogP contribution in [0.25, 0.3) is 0 Å². The van der Waals surface area contributed by atoms with E-state index in [2.05, 4.69) is 0 Å². The molecule has 110 valence electrons. The zero-order chi connectivity index (χ0) is 15.0. The van der Waals surface area contributed by atoms with E-state index in [-0.39, 0.29) is 6.42 Å². The number of halogens is 8. The molecule has 1 atom stereocenters. The Kier molecular flexibility index (Phi) is 4.63. The highest BCUT2D eigenvalue weighted by molar-refractivity contribution is 5.02. The summed E-state index contributed by atoms with van der Waals surface area (Å²) in [4.78, 5) is 0. The number of rotatable bonds is 6. The summed E-state index contributed by atoms with van der Waals surface area (Å²) < 4.78 is 101. The van der Waals surface area contributed by atoms with Gasteiger partial charge in [0.25, 0.3) is 0 Å². The fourth-order valence-corrected chi connectivity index (χ4v) is 1.04. The van der Waals surface area contributed by atoms with Crippen molar-refractivity contribution in [3.8, 4) is 0 Å². The third-order valence-electron chi connectivity index (χ3n) is 2.15. The average molecular weight is 290 g/mol. The molecule has 0 aromatic rings. The molecule has 0 aliphatic rings. The molecule has 0 aliphatic heterocycles. The Bertz CT molecular complexity index is 285. The quantitative estimate of drug-likeness (QED) is 0.583. The molecule has 0 heterocycles. The molecular weight excluding hydrogens is 280 g/mol. The van der Waals surface area contributed by atoms with Crippen molar-refractivity contribution in [3.63, 3.8) is 0 Å². The van der Waals surface area contributed by atoms with Crippen LogP contribution in [-0.4, -0.2) is 40.2 Å². The molecule has 2 nitrogen and oxygen atoms in total. The van der Waals surface area contributed by atoms with Gasteiger partial charge in [0.1, 0.15) is 0 Å². The molecule has 0 fully saturated rings. The van der Waals surface area contributed by atoms with Crippen molar-refractivity contribution in [1.82, 2.24) is 0 Å². The van der Waals surface area contributed by atoms with Gasteiger partial charge in [-0.3, -0.25) is 0 Å². The van der Waals surface area contributed by atoms with Gasteiger partial charge in [-0.1, -0.05) is 13.3 Å². The van der Waals surface area contributed by atoms with Gasteiger partial charge < -0.3 is 10.2 Å². The molecule has 1 unspecified atom stereocenters. The number of hydrogen-bond acceptors (Lipinski definition) is 2. The lowest BCUT2D eigenvalue weighted by molar-refractivity contribution is -0.444. The molecule has 18 heavy (non-hydrogen) atoms. The van der Waals surface area contributed by atoms with Gasteiger partial charge in [0.2, 0.25) is 0 Å². The molecule has 0 bridgehead atoms. The van der Waals surface area contributed by atoms with Crippen LogP contribution in [0.5, 0.6) is 0 Å². The van der Waals surface area contributed by atoms with Gasteiger partial charge in [0.05, 0.1) is 0 Å². The van der Waals surface area contributed by atoms with Gasteiger partial charge >= 0.3 is 23.8 Å². The molecule has 0 amide bonds. The van der Waals surface area contributed by atoms with Crippen molar-refractivity contribution in [2.75, 3.05) is 0 Å². The van der Waals surface area contributed by atoms with Crippen LogP contribution in [0.3, 0.4) is 0 Å². The third-order valence-corrected chi connectivity index (χ3v) is 2.15. The largest absolute Gasteiger partial charge is 0.399 e. The maximum atomic E-state index is 12.8. The molecule has 0 aromatic heterocycles. The maximum Gasteiger partial charge on any atom is 0.399 e. The first-order valence-corrected chi connectivity index (χ1v) is 4.64. The molecule has 0 saturated carbocycles. The van der Waals surface area contributed by atoms with Crippen LogP contribution in [0.1, 0.15) is 19.8 Å². The summed E-state index contributed by atoms with van der Waals surface area (Å²) in [5.41, 5.74) is 0. The highest BCUT2D eigenvalue weighted by atomic mass is 19.4. The summed E-state index contributed by atoms with van der Waals surface area (Å²) >= 11 is 0. The summed E-state index contributed by atoms with van der Waals surface area (Å²) in [5, 5.41) is 15.5. The fourth-order valence-electron chi connectivity index (χ4n) is 1.04. The van der Waals surface area contributed by atoms with E-state index >= 15 is 0 Å². The summed E-state index contributed by atoms with van der Waals surface area (Å²) in [5.74, 6) is -19.2. The Morgan fingerprint density at radius 1 is 0.889 bits per heavy atom. The van der Waals surface area contributed by atoms with Crippen molar-refractivity contribution >= 4 is 0 Å². The summed E-state index contributed by atoms with van der Waals surface area (Å²) in [7, 11) is 0. The standard InChI is InChI=1S/C8H10F8O2/c1-2-3-4(9)5(10,11)6(12,13)7(14,15)8(16,17)18/h4,17-18H,2-3H2,1H3. The lowest BCUT2D eigenvalue weighted by Gasteiger charge is -2.36. The van der Waals surface area contributed by atoms with Crippen molar-refractivity contribution in [3.05, 3.63) is 0 Å². The Hall–Kier alpha value is -0.640. The van der Waals surface area contributed by atoms with Crippen molar-refractivity contribution in [1.29, 1.82) is 0 Å². The van der Waals surface area contributed by atoms with Gasteiger partial charge in [0.15, 0.2) is 6.17 Å². The molecule has 10 heteroatoms. The molecule has 0 rings (SSSR count). The first kappa shape index (κ1) is 17.4. The van der Waals surface area contributed by atoms with Crippen LogP contribution in [-0.2, 0) is 0 Å². The summed E-state index contributed by atoms with van der Waals surface area (Å²) in [6.45, 7) is 1.12. The number of hydrogen-bond donors (Lipinski definition) is 2. The third kappa shape index (κ3) is 2.53. The van der Waals surface area contributed by atoms with E-state index in [4.69, 9.17) is 10.2 Å². The minimum atomic E-state index is -6.62. The highest BCUT2D eigenvalue weighted by Gasteiger charge is 2.81. The normalized spacial score (nSPS) is 16.8. The second-order valence-corrected chi connectivity index (χ2v) is 3.62. The molecule has 0 saturated heterocycles. The maximum absolute atomic E-state index is 12.8. The van der Waals surface area contributed by atoms with E-state index in [0.717, 1.165) is 6.92 Å². The van der Waals surface area contributed by atoms with Crippen LogP contribution >= 0.6 is 0 Å². The van der Waals surface area contributed by atoms with Crippen LogP contribution in [0.2, 0.25) is 0 Å². The topological polar surface area (TPSA) is 40.5 Å². The molecular formula is C8H10F8O2. The van der Waals surface area contributed by atoms with E-state index in [0.29, 0.717) is 0 Å². The Labute approximate surface area is 96.2 Å². The van der Waals surface area contributed by atoms with E-state index in [9.17, 15) is 35.1 Å². The molecule has 2 N–H and O–H groups in total. The van der Waals surface area contributed by atoms with Gasteiger partial charge in [-0.2, -0.15) is 30.7 Å². The first-order valence-electron chi connectivity index (χ1n) is 4.64. The van der Waals surface area contributed by atoms with Gasteiger partial charge in [-0.15, -0.1) is 0 Å². The van der Waals surface area contributed by atoms with Crippen LogP contribution in [0.4, 0.5) is 35.1 Å². The fraction of sp³-hybridized carbons (Fsp3) is 1.00. The Balaban J connectivity index is 5.49. The highest BCUT2D eigenvalue weighted by Crippen LogP contribution is 2.52. The second-order valence-electron chi connectivity index (χ2n) is 3.62. The van der Waals surface area contributed by atoms with Crippen LogP contribution < -0.4 is 0 Å². The van der Waals surface area contributed by atoms with Crippen molar-refractivity contribution < 1.29 is 45.3 Å². The average Bonchev–Trinajstić information content (AvgIpc) is 2.15. The predicted molar refractivity (Wildman–Crippen MR) is 42.9 cm³/mol. The van der Waals surface area contributed by atoms with Gasteiger partial charge in [0, 0.05) is 0 Å². The van der Waals surface area contributed by atoms with Crippen molar-refractivity contribution in [2.24, 2.45) is 0 Å². The summed E-state index contributed by atoms with van der Waals surface area (Å²) in [6, 6.07) is -5.91.